The van der Waals surface area contributed by atoms with Crippen LogP contribution in [0.25, 0.3) is 11.3 Å². The van der Waals surface area contributed by atoms with Crippen LogP contribution < -0.4 is 10.1 Å². The van der Waals surface area contributed by atoms with Crippen LogP contribution in [0.5, 0.6) is 11.6 Å². The topological polar surface area (TPSA) is 113 Å². The molecule has 2 N–H and O–H groups in total. The monoisotopic (exact) mass is 622 g/mol. The lowest BCUT2D eigenvalue weighted by atomic mass is 10.0. The summed E-state index contributed by atoms with van der Waals surface area (Å²) in [5.74, 6) is -0.440. The van der Waals surface area contributed by atoms with E-state index in [1.165, 1.54) is 17.2 Å². The van der Waals surface area contributed by atoms with E-state index in [0.717, 1.165) is 24.0 Å². The second-order valence-electron chi connectivity index (χ2n) is 10.3. The van der Waals surface area contributed by atoms with Gasteiger partial charge < -0.3 is 20.1 Å². The van der Waals surface area contributed by atoms with Crippen LogP contribution in [0.1, 0.15) is 24.0 Å². The van der Waals surface area contributed by atoms with Gasteiger partial charge >= 0.3 is 6.09 Å². The number of aromatic nitrogens is 3. The van der Waals surface area contributed by atoms with Gasteiger partial charge in [-0.1, -0.05) is 72.3 Å². The van der Waals surface area contributed by atoms with Crippen molar-refractivity contribution in [2.75, 3.05) is 18.4 Å². The summed E-state index contributed by atoms with van der Waals surface area (Å²) in [6.45, 7) is 0.836. The molecule has 45 heavy (non-hydrogen) atoms. The third kappa shape index (κ3) is 6.91. The summed E-state index contributed by atoms with van der Waals surface area (Å²) in [5, 5.41) is 12.4. The summed E-state index contributed by atoms with van der Waals surface area (Å²) < 4.78 is 21.7. The molecule has 3 heterocycles. The number of pyridine rings is 1. The first-order valence-corrected chi connectivity index (χ1v) is 14.7. The van der Waals surface area contributed by atoms with E-state index in [1.807, 2.05) is 60.7 Å². The van der Waals surface area contributed by atoms with Crippen molar-refractivity contribution in [3.63, 3.8) is 0 Å². The van der Waals surface area contributed by atoms with Crippen LogP contribution in [0.3, 0.4) is 0 Å². The van der Waals surface area contributed by atoms with E-state index in [0.29, 0.717) is 36.0 Å². The average molecular weight is 623 g/mol. The summed E-state index contributed by atoms with van der Waals surface area (Å²) in [7, 11) is 0. The van der Waals surface area contributed by atoms with Crippen molar-refractivity contribution < 1.29 is 19.0 Å². The highest BCUT2D eigenvalue weighted by Crippen LogP contribution is 2.38. The molecule has 2 aromatic heterocycles. The number of hydrogen-bond donors (Lipinski definition) is 2. The largest absolute Gasteiger partial charge is 0.465 e. The number of halogens is 2. The number of nitrogens with one attached hydrogen (secondary N) is 1. The zero-order valence-electron chi connectivity index (χ0n) is 24.0. The molecule has 0 radical (unpaired) electrons. The smallest absolute Gasteiger partial charge is 0.407 e. The zero-order valence-corrected chi connectivity index (χ0v) is 24.7. The predicted molar refractivity (Wildman–Crippen MR) is 171 cm³/mol. The number of nitrogens with zero attached hydrogens (tertiary/aromatic N) is 5. The maximum absolute atomic E-state index is 15.7. The maximum atomic E-state index is 15.7. The highest BCUT2D eigenvalue weighted by molar-refractivity contribution is 6.33. The van der Waals surface area contributed by atoms with E-state index in [1.54, 1.807) is 30.5 Å². The molecular weight excluding hydrogens is 595 g/mol. The highest BCUT2D eigenvalue weighted by atomic mass is 35.5. The van der Waals surface area contributed by atoms with Crippen molar-refractivity contribution in [1.29, 1.82) is 0 Å². The van der Waals surface area contributed by atoms with E-state index < -0.39 is 11.9 Å². The van der Waals surface area contributed by atoms with Gasteiger partial charge in [0.15, 0.2) is 11.6 Å². The van der Waals surface area contributed by atoms with Gasteiger partial charge in [0.2, 0.25) is 11.8 Å². The third-order valence-electron chi connectivity index (χ3n) is 7.29. The van der Waals surface area contributed by atoms with Gasteiger partial charge in [-0.2, -0.15) is 0 Å². The number of aliphatic imine (C=N–C) groups is 1. The number of amides is 1. The Morgan fingerprint density at radius 3 is 2.40 bits per heavy atom. The number of rotatable bonds is 8. The van der Waals surface area contributed by atoms with Crippen LogP contribution in [0.4, 0.5) is 20.8 Å². The Bertz CT molecular complexity index is 1800. The number of hydrogen-bond acceptors (Lipinski definition) is 7. The van der Waals surface area contributed by atoms with Crippen molar-refractivity contribution in [1.82, 2.24) is 19.9 Å². The Morgan fingerprint density at radius 1 is 0.956 bits per heavy atom. The molecule has 1 aliphatic heterocycles. The quantitative estimate of drug-likeness (QED) is 0.169. The number of piperidine rings is 1. The van der Waals surface area contributed by atoms with Gasteiger partial charge in [0.05, 0.1) is 22.7 Å². The molecule has 0 spiro atoms. The lowest BCUT2D eigenvalue weighted by molar-refractivity contribution is 0.132. The first-order valence-electron chi connectivity index (χ1n) is 14.3. The van der Waals surface area contributed by atoms with Gasteiger partial charge in [-0.25, -0.2) is 29.1 Å². The summed E-state index contributed by atoms with van der Waals surface area (Å²) in [5.41, 5.74) is 3.62. The van der Waals surface area contributed by atoms with Crippen molar-refractivity contribution in [3.05, 3.63) is 125 Å². The molecule has 6 rings (SSSR count). The molecule has 1 atom stereocenters. The Labute approximate surface area is 264 Å². The number of carboxylic acid groups (broad SMARTS) is 1. The van der Waals surface area contributed by atoms with Gasteiger partial charge in [-0.05, 0) is 43.2 Å². The number of likely N-dealkylation sites (tertiary alicyclic amines) is 1. The molecule has 1 amide bonds. The summed E-state index contributed by atoms with van der Waals surface area (Å²) >= 11 is 6.53. The normalized spacial score (nSPS) is 14.4. The maximum Gasteiger partial charge on any atom is 0.407 e. The fourth-order valence-corrected chi connectivity index (χ4v) is 5.29. The van der Waals surface area contributed by atoms with Crippen LogP contribution in [-0.4, -0.2) is 55.9 Å². The molecule has 1 fully saturated rings. The number of ether oxygens (including phenoxy) is 1. The van der Waals surface area contributed by atoms with Crippen LogP contribution in [0.15, 0.2) is 108 Å². The fraction of sp³-hybridized carbons (Fsp3) is 0.147. The van der Waals surface area contributed by atoms with Gasteiger partial charge in [0.1, 0.15) is 5.02 Å². The van der Waals surface area contributed by atoms with Gasteiger partial charge in [-0.15, -0.1) is 0 Å². The summed E-state index contributed by atoms with van der Waals surface area (Å²) in [6.07, 6.45) is 3.69. The first kappa shape index (κ1) is 29.7. The third-order valence-corrected chi connectivity index (χ3v) is 7.65. The molecule has 0 saturated carbocycles. The van der Waals surface area contributed by atoms with E-state index in [4.69, 9.17) is 21.3 Å². The Kier molecular flexibility index (Phi) is 8.93. The number of anilines is 1. The van der Waals surface area contributed by atoms with E-state index in [2.05, 4.69) is 20.3 Å². The van der Waals surface area contributed by atoms with Crippen molar-refractivity contribution in [2.24, 2.45) is 4.99 Å². The van der Waals surface area contributed by atoms with Crippen molar-refractivity contribution >= 4 is 35.0 Å². The lowest BCUT2D eigenvalue weighted by Gasteiger charge is -2.31. The van der Waals surface area contributed by atoms with Crippen molar-refractivity contribution in [3.8, 4) is 22.9 Å². The van der Waals surface area contributed by atoms with Gasteiger partial charge in [0, 0.05) is 42.7 Å². The molecule has 3 aromatic carbocycles. The Hall–Kier alpha value is -5.35. The predicted octanol–water partition coefficient (Wildman–Crippen LogP) is 7.85. The minimum Gasteiger partial charge on any atom is -0.465 e. The molecule has 11 heteroatoms. The standard InChI is InChI=1S/C34H28ClFN6O3/c35-29-27(40-31(22-9-3-1-4-10-22)23-11-5-2-6-12-23)15-16-28(30(29)36)45-32-25(14-7-18-37-32)26-17-19-38-33(41-26)39-24-13-8-20-42(21-24)34(43)44/h1-7,9-12,14-19,24H,8,13,20-21H2,(H,43,44)(H,38,39,41)/t24-/m0/s1. The molecule has 0 aliphatic carbocycles. The Morgan fingerprint density at radius 2 is 1.69 bits per heavy atom. The average Bonchev–Trinajstić information content (AvgIpc) is 3.08. The first-order chi connectivity index (χ1) is 22.0. The molecular formula is C34H28ClFN6O3. The SMILES string of the molecule is O=C(O)N1CCC[C@H](Nc2nccc(-c3cccnc3Oc3ccc(N=C(c4ccccc4)c4ccccc4)c(Cl)c3F)n2)C1. The summed E-state index contributed by atoms with van der Waals surface area (Å²) in [4.78, 5) is 30.8. The molecule has 0 unspecified atom stereocenters. The van der Waals surface area contributed by atoms with E-state index >= 15 is 4.39 Å². The second kappa shape index (κ2) is 13.5. The minimum atomic E-state index is -0.951. The van der Waals surface area contributed by atoms with Gasteiger partial charge in [0.25, 0.3) is 0 Å². The van der Waals surface area contributed by atoms with Crippen molar-refractivity contribution in [2.45, 2.75) is 18.9 Å². The van der Waals surface area contributed by atoms with E-state index in [9.17, 15) is 9.90 Å². The second-order valence-corrected chi connectivity index (χ2v) is 10.7. The molecule has 1 aliphatic rings. The molecule has 0 bridgehead atoms. The zero-order chi connectivity index (χ0) is 31.2. The molecule has 9 nitrogen and oxygen atoms in total. The Balaban J connectivity index is 1.27. The lowest BCUT2D eigenvalue weighted by Crippen LogP contribution is -2.44. The van der Waals surface area contributed by atoms with Crippen LogP contribution in [-0.2, 0) is 0 Å². The number of carbonyl (C=O) groups is 1. The van der Waals surface area contributed by atoms with Crippen LogP contribution >= 0.6 is 11.6 Å². The molecule has 1 saturated heterocycles. The highest BCUT2D eigenvalue weighted by Gasteiger charge is 2.24. The number of benzene rings is 3. The van der Waals surface area contributed by atoms with Crippen LogP contribution in [0.2, 0.25) is 5.02 Å². The van der Waals surface area contributed by atoms with Gasteiger partial charge in [-0.3, -0.25) is 0 Å². The molecule has 5 aromatic rings. The van der Waals surface area contributed by atoms with Crippen LogP contribution in [0, 0.1) is 5.82 Å². The van der Waals surface area contributed by atoms with E-state index in [-0.39, 0.29) is 28.4 Å². The molecule has 226 valence electrons. The summed E-state index contributed by atoms with van der Waals surface area (Å²) in [6, 6.07) is 27.3. The fourth-order valence-electron chi connectivity index (χ4n) is 5.10. The minimum absolute atomic E-state index is 0.122.